The van der Waals surface area contributed by atoms with Crippen molar-refractivity contribution in [1.82, 2.24) is 9.37 Å². The Bertz CT molecular complexity index is 1040. The summed E-state index contributed by atoms with van der Waals surface area (Å²) in [6.45, 7) is 1.71. The molecule has 0 spiro atoms. The van der Waals surface area contributed by atoms with Gasteiger partial charge in [-0.1, -0.05) is 28.2 Å². The highest BCUT2D eigenvalue weighted by molar-refractivity contribution is 7.89. The van der Waals surface area contributed by atoms with Gasteiger partial charge in [-0.25, -0.2) is 8.42 Å². The van der Waals surface area contributed by atoms with Crippen LogP contribution in [0.15, 0.2) is 47.4 Å². The van der Waals surface area contributed by atoms with Crippen molar-refractivity contribution < 1.29 is 23.0 Å². The number of benzene rings is 2. The molecular weight excluding hydrogens is 422 g/mol. The summed E-state index contributed by atoms with van der Waals surface area (Å²) in [5.41, 5.74) is 0.575. The number of rotatable bonds is 7. The lowest BCUT2D eigenvalue weighted by Crippen LogP contribution is -2.30. The van der Waals surface area contributed by atoms with Crippen LogP contribution in [-0.2, 0) is 14.9 Å². The second-order valence-corrected chi connectivity index (χ2v) is 8.50. The number of hydroxylamine groups is 1. The molecule has 1 unspecified atom stereocenters. The second kappa shape index (κ2) is 8.87. The molecule has 0 fully saturated rings. The number of sulfonamides is 1. The Morgan fingerprint density at radius 2 is 1.86 bits per heavy atom. The molecule has 29 heavy (non-hydrogen) atoms. The number of nitrogens with zero attached hydrogens (tertiary/aromatic N) is 3. The highest BCUT2D eigenvalue weighted by atomic mass is 35.5. The van der Waals surface area contributed by atoms with Crippen LogP contribution in [0.3, 0.4) is 0 Å². The van der Waals surface area contributed by atoms with E-state index in [-0.39, 0.29) is 21.2 Å². The fourth-order valence-corrected chi connectivity index (χ4v) is 4.05. The van der Waals surface area contributed by atoms with Crippen molar-refractivity contribution >= 4 is 33.2 Å². The van der Waals surface area contributed by atoms with Gasteiger partial charge in [0.1, 0.15) is 4.90 Å². The third kappa shape index (κ3) is 4.73. The number of hydrogen-bond acceptors (Lipinski definition) is 6. The van der Waals surface area contributed by atoms with E-state index in [4.69, 9.17) is 16.4 Å². The molecule has 0 N–H and O–H groups in total. The van der Waals surface area contributed by atoms with Gasteiger partial charge in [0.2, 0.25) is 0 Å². The fraction of sp³-hybridized carbons (Fsp3) is 0.278. The first kappa shape index (κ1) is 22.8. The van der Waals surface area contributed by atoms with Gasteiger partial charge in [0.05, 0.1) is 23.1 Å². The van der Waals surface area contributed by atoms with Crippen molar-refractivity contribution in [3.05, 3.63) is 68.7 Å². The van der Waals surface area contributed by atoms with Gasteiger partial charge in [0.15, 0.2) is 0 Å². The molecule has 0 aliphatic rings. The van der Waals surface area contributed by atoms with E-state index in [0.717, 1.165) is 0 Å². The monoisotopic (exact) mass is 441 g/mol. The van der Waals surface area contributed by atoms with Gasteiger partial charge in [-0.05, 0) is 30.7 Å². The summed E-state index contributed by atoms with van der Waals surface area (Å²) in [4.78, 5) is 29.2. The number of halogens is 1. The van der Waals surface area contributed by atoms with E-state index in [0.29, 0.717) is 10.0 Å². The predicted octanol–water partition coefficient (Wildman–Crippen LogP) is 3.26. The molecule has 0 aliphatic heterocycles. The molecule has 2 aromatic rings. The van der Waals surface area contributed by atoms with Crippen molar-refractivity contribution in [2.75, 3.05) is 21.2 Å². The summed E-state index contributed by atoms with van der Waals surface area (Å²) in [6, 6.07) is 9.36. The molecule has 1 amide bonds. The van der Waals surface area contributed by atoms with Gasteiger partial charge >= 0.3 is 0 Å². The molecule has 2 rings (SSSR count). The van der Waals surface area contributed by atoms with Crippen LogP contribution in [0.2, 0.25) is 5.02 Å². The SMILES string of the molecule is CON(C)S(=O)(=O)c1cc(C(=O)N(C)C(C)c2cccc([N+](=O)[O-])c2)ccc1Cl. The zero-order valence-corrected chi connectivity index (χ0v) is 17.8. The zero-order chi connectivity index (χ0) is 21.9. The lowest BCUT2D eigenvalue weighted by molar-refractivity contribution is -0.384. The molecule has 0 saturated carbocycles. The Morgan fingerprint density at radius 1 is 1.21 bits per heavy atom. The Morgan fingerprint density at radius 3 is 2.45 bits per heavy atom. The van der Waals surface area contributed by atoms with Gasteiger partial charge in [-0.3, -0.25) is 19.7 Å². The minimum atomic E-state index is -4.06. The molecule has 156 valence electrons. The van der Waals surface area contributed by atoms with Gasteiger partial charge in [0, 0.05) is 31.8 Å². The maximum atomic E-state index is 12.9. The number of non-ortho nitro benzene ring substituents is 1. The van der Waals surface area contributed by atoms with E-state index >= 15 is 0 Å². The predicted molar refractivity (Wildman–Crippen MR) is 107 cm³/mol. The third-order valence-corrected chi connectivity index (χ3v) is 6.68. The molecule has 11 heteroatoms. The van der Waals surface area contributed by atoms with Crippen LogP contribution in [0, 0.1) is 10.1 Å². The fourth-order valence-electron chi connectivity index (χ4n) is 2.57. The summed E-state index contributed by atoms with van der Waals surface area (Å²) in [7, 11) is -0.137. The smallest absolute Gasteiger partial charge is 0.269 e. The highest BCUT2D eigenvalue weighted by Crippen LogP contribution is 2.28. The first-order chi connectivity index (χ1) is 13.5. The largest absolute Gasteiger partial charge is 0.335 e. The van der Waals surface area contributed by atoms with Crippen molar-refractivity contribution in [1.29, 1.82) is 0 Å². The highest BCUT2D eigenvalue weighted by Gasteiger charge is 2.27. The number of hydrogen-bond donors (Lipinski definition) is 0. The summed E-state index contributed by atoms with van der Waals surface area (Å²) in [6.07, 6.45) is 0. The molecule has 0 radical (unpaired) electrons. The maximum Gasteiger partial charge on any atom is 0.269 e. The normalized spacial score (nSPS) is 12.6. The lowest BCUT2D eigenvalue weighted by Gasteiger charge is -2.25. The van der Waals surface area contributed by atoms with Gasteiger partial charge in [-0.15, -0.1) is 0 Å². The van der Waals surface area contributed by atoms with Crippen molar-refractivity contribution in [2.45, 2.75) is 17.9 Å². The molecule has 2 aromatic carbocycles. The lowest BCUT2D eigenvalue weighted by atomic mass is 10.1. The van der Waals surface area contributed by atoms with E-state index in [2.05, 4.69) is 0 Å². The number of nitro benzene ring substituents is 1. The number of amides is 1. The first-order valence-electron chi connectivity index (χ1n) is 8.34. The van der Waals surface area contributed by atoms with Gasteiger partial charge < -0.3 is 4.90 Å². The summed E-state index contributed by atoms with van der Waals surface area (Å²) < 4.78 is 25.7. The minimum absolute atomic E-state index is 0.0557. The van der Waals surface area contributed by atoms with Crippen molar-refractivity contribution in [3.8, 4) is 0 Å². The average Bonchev–Trinajstić information content (AvgIpc) is 2.71. The van der Waals surface area contributed by atoms with Gasteiger partial charge in [0.25, 0.3) is 21.6 Å². The summed E-state index contributed by atoms with van der Waals surface area (Å²) in [5.74, 6) is -0.475. The van der Waals surface area contributed by atoms with Crippen LogP contribution < -0.4 is 0 Å². The minimum Gasteiger partial charge on any atom is -0.335 e. The van der Waals surface area contributed by atoms with Crippen LogP contribution in [0.4, 0.5) is 5.69 Å². The molecule has 0 heterocycles. The molecule has 0 aromatic heterocycles. The number of nitro groups is 1. The Hall–Kier alpha value is -2.53. The van der Waals surface area contributed by atoms with Crippen LogP contribution in [0.1, 0.15) is 28.9 Å². The van der Waals surface area contributed by atoms with Crippen LogP contribution in [-0.4, -0.2) is 49.8 Å². The van der Waals surface area contributed by atoms with Crippen molar-refractivity contribution in [3.63, 3.8) is 0 Å². The van der Waals surface area contributed by atoms with E-state index in [1.165, 1.54) is 62.5 Å². The summed E-state index contributed by atoms with van der Waals surface area (Å²) >= 11 is 6.02. The Labute approximate surface area is 173 Å². The van der Waals surface area contributed by atoms with Crippen molar-refractivity contribution in [2.24, 2.45) is 0 Å². The van der Waals surface area contributed by atoms with E-state index in [9.17, 15) is 23.3 Å². The number of carbonyl (C=O) groups excluding carboxylic acids is 1. The molecule has 0 saturated heterocycles. The molecule has 1 atom stereocenters. The molecule has 9 nitrogen and oxygen atoms in total. The zero-order valence-electron chi connectivity index (χ0n) is 16.2. The van der Waals surface area contributed by atoms with Gasteiger partial charge in [-0.2, -0.15) is 0 Å². The molecule has 0 aliphatic carbocycles. The molecule has 0 bridgehead atoms. The Kier molecular flexibility index (Phi) is 6.96. The first-order valence-corrected chi connectivity index (χ1v) is 10.2. The second-order valence-electron chi connectivity index (χ2n) is 6.19. The average molecular weight is 442 g/mol. The van der Waals surface area contributed by atoms with Crippen LogP contribution in [0.25, 0.3) is 0 Å². The topological polar surface area (TPSA) is 110 Å². The molecular formula is C18H20ClN3O6S. The standard InChI is InChI=1S/C18H20ClN3O6S/c1-12(13-6-5-7-15(10-13)22(24)25)20(2)18(23)14-8-9-16(19)17(11-14)29(26,27)21(3)28-4/h5-12H,1-4H3. The van der Waals surface area contributed by atoms with Crippen LogP contribution >= 0.6 is 11.6 Å². The van der Waals surface area contributed by atoms with E-state index < -0.39 is 26.9 Å². The summed E-state index contributed by atoms with van der Waals surface area (Å²) in [5, 5.41) is 10.9. The van der Waals surface area contributed by atoms with E-state index in [1.54, 1.807) is 13.0 Å². The quantitative estimate of drug-likeness (QED) is 0.481. The number of carbonyl (C=O) groups is 1. The van der Waals surface area contributed by atoms with E-state index in [1.807, 2.05) is 0 Å². The third-order valence-electron chi connectivity index (χ3n) is 4.52. The van der Waals surface area contributed by atoms with Crippen LogP contribution in [0.5, 0.6) is 0 Å². The Balaban J connectivity index is 2.38. The maximum absolute atomic E-state index is 12.9.